The molecule has 0 fully saturated rings. The quantitative estimate of drug-likeness (QED) is 0.149. The highest BCUT2D eigenvalue weighted by molar-refractivity contribution is 6.24. The third kappa shape index (κ3) is 4.69. The van der Waals surface area contributed by atoms with Crippen molar-refractivity contribution < 1.29 is 0 Å². The van der Waals surface area contributed by atoms with Crippen molar-refractivity contribution in [1.82, 2.24) is 0 Å². The second kappa shape index (κ2) is 11.6. The molecular weight excluding hydrogens is 560 g/mol. The molecule has 0 aromatic heterocycles. The summed E-state index contributed by atoms with van der Waals surface area (Å²) in [6.45, 7) is 3.62. The van der Waals surface area contributed by atoms with E-state index in [1.165, 1.54) is 44.0 Å². The maximum absolute atomic E-state index is 9.77. The Morgan fingerprint density at radius 1 is 0.630 bits per heavy atom. The molecule has 0 amide bonds. The summed E-state index contributed by atoms with van der Waals surface area (Å²) in [5.74, 6) is 0. The molecule has 7 aromatic rings. The minimum absolute atomic E-state index is 0.513. The van der Waals surface area contributed by atoms with Crippen molar-refractivity contribution in [2.45, 2.75) is 20.3 Å². The predicted molar refractivity (Wildman–Crippen MR) is 188 cm³/mol. The first kappa shape index (κ1) is 28.4. The molecule has 0 atom stereocenters. The van der Waals surface area contributed by atoms with E-state index in [1.54, 1.807) is 31.2 Å². The molecular formula is C42H28N4. The van der Waals surface area contributed by atoms with Gasteiger partial charge in [-0.1, -0.05) is 72.8 Å². The molecule has 46 heavy (non-hydrogen) atoms. The molecule has 0 aliphatic carbocycles. The molecule has 0 bridgehead atoms. The average molecular weight is 589 g/mol. The summed E-state index contributed by atoms with van der Waals surface area (Å²) < 4.78 is 0. The Morgan fingerprint density at radius 3 is 1.54 bits per heavy atom. The van der Waals surface area contributed by atoms with Crippen molar-refractivity contribution >= 4 is 49.4 Å². The maximum Gasteiger partial charge on any atom is 0.0998 e. The van der Waals surface area contributed by atoms with Crippen LogP contribution in [0.1, 0.15) is 36.1 Å². The first-order valence-corrected chi connectivity index (χ1v) is 15.2. The zero-order chi connectivity index (χ0) is 31.8. The van der Waals surface area contributed by atoms with Gasteiger partial charge >= 0.3 is 0 Å². The first-order valence-electron chi connectivity index (χ1n) is 15.2. The minimum atomic E-state index is 0.513. The average Bonchev–Trinajstić information content (AvgIpc) is 3.11. The van der Waals surface area contributed by atoms with Crippen LogP contribution in [0.15, 0.2) is 127 Å². The van der Waals surface area contributed by atoms with Crippen LogP contribution in [0.3, 0.4) is 0 Å². The summed E-state index contributed by atoms with van der Waals surface area (Å²) in [5, 5.41) is 34.6. The van der Waals surface area contributed by atoms with Gasteiger partial charge in [-0.3, -0.25) is 0 Å². The van der Waals surface area contributed by atoms with E-state index in [4.69, 9.17) is 5.26 Å². The number of anilines is 3. The van der Waals surface area contributed by atoms with Gasteiger partial charge in [0.05, 0.1) is 29.3 Å². The summed E-state index contributed by atoms with van der Waals surface area (Å²) in [6.07, 6.45) is 2.71. The monoisotopic (exact) mass is 588 g/mol. The van der Waals surface area contributed by atoms with E-state index < -0.39 is 0 Å². The summed E-state index contributed by atoms with van der Waals surface area (Å²) in [6, 6.07) is 46.7. The number of nitrogens with zero attached hydrogens (tertiary/aromatic N) is 4. The lowest BCUT2D eigenvalue weighted by molar-refractivity contribution is 1.09. The van der Waals surface area contributed by atoms with E-state index >= 15 is 0 Å². The van der Waals surface area contributed by atoms with Crippen LogP contribution in [-0.4, -0.2) is 0 Å². The van der Waals surface area contributed by atoms with Crippen LogP contribution in [0.25, 0.3) is 43.4 Å². The van der Waals surface area contributed by atoms with Crippen molar-refractivity contribution in [3.05, 3.63) is 149 Å². The predicted octanol–water partition coefficient (Wildman–Crippen LogP) is 10.8. The van der Waals surface area contributed by atoms with E-state index in [9.17, 15) is 10.5 Å². The largest absolute Gasteiger partial charge is 0.310 e. The molecule has 0 spiro atoms. The molecule has 216 valence electrons. The number of hydrogen-bond donors (Lipinski definition) is 0. The highest BCUT2D eigenvalue weighted by Gasteiger charge is 2.24. The molecule has 0 saturated heterocycles. The fourth-order valence-electron chi connectivity index (χ4n) is 6.58. The zero-order valence-corrected chi connectivity index (χ0v) is 25.5. The molecule has 1 aliphatic rings. The minimum Gasteiger partial charge on any atom is -0.310 e. The molecule has 0 radical (unpaired) electrons. The van der Waals surface area contributed by atoms with Crippen molar-refractivity contribution in [1.29, 1.82) is 15.8 Å². The second-order valence-corrected chi connectivity index (χ2v) is 11.5. The van der Waals surface area contributed by atoms with Gasteiger partial charge in [0.15, 0.2) is 0 Å². The van der Waals surface area contributed by atoms with Crippen molar-refractivity contribution in [3.63, 3.8) is 0 Å². The number of para-hydroxylation sites is 2. The number of hydrogen-bond acceptors (Lipinski definition) is 4. The van der Waals surface area contributed by atoms with Gasteiger partial charge in [0, 0.05) is 34.6 Å². The van der Waals surface area contributed by atoms with E-state index in [-0.39, 0.29) is 0 Å². The Bertz CT molecular complexity index is 2320. The molecule has 1 heterocycles. The molecule has 0 saturated carbocycles. The second-order valence-electron chi connectivity index (χ2n) is 11.5. The molecule has 0 unspecified atom stereocenters. The molecule has 1 aliphatic heterocycles. The summed E-state index contributed by atoms with van der Waals surface area (Å²) in [7, 11) is 0. The van der Waals surface area contributed by atoms with Crippen LogP contribution >= 0.6 is 0 Å². The molecule has 4 heteroatoms. The summed E-state index contributed by atoms with van der Waals surface area (Å²) in [5.41, 5.74) is 9.64. The summed E-state index contributed by atoms with van der Waals surface area (Å²) >= 11 is 0. The Morgan fingerprint density at radius 2 is 1.11 bits per heavy atom. The highest BCUT2D eigenvalue weighted by atomic mass is 15.2. The Hall–Kier alpha value is -6.41. The van der Waals surface area contributed by atoms with Crippen LogP contribution < -0.4 is 4.90 Å². The Kier molecular flexibility index (Phi) is 7.15. The third-order valence-corrected chi connectivity index (χ3v) is 8.83. The standard InChI is InChI=1S/C37H21N3.C5H7N/c38-21-29-8-5-9-30(22-39)35(29)31-17-25-12-14-27-19-32(20-28-15-13-26(18-31)36(25)37(27)28)40-33-10-3-1-6-23(33)16-24-7-2-4-11-34(24)40;1-3-5(2)4-6/h1-15,17-20H,16H2;3H,1-2H3/b;5-3-. The topological polar surface area (TPSA) is 74.6 Å². The number of fused-ring (bicyclic) bond motifs is 2. The number of rotatable bonds is 2. The lowest BCUT2D eigenvalue weighted by atomic mass is 9.88. The third-order valence-electron chi connectivity index (χ3n) is 8.83. The van der Waals surface area contributed by atoms with Gasteiger partial charge in [-0.2, -0.15) is 15.8 Å². The maximum atomic E-state index is 9.77. The van der Waals surface area contributed by atoms with Crippen LogP contribution in [0.2, 0.25) is 0 Å². The summed E-state index contributed by atoms with van der Waals surface area (Å²) in [4.78, 5) is 2.39. The van der Waals surface area contributed by atoms with E-state index in [2.05, 4.69) is 114 Å². The molecule has 4 nitrogen and oxygen atoms in total. The smallest absolute Gasteiger partial charge is 0.0998 e. The van der Waals surface area contributed by atoms with Gasteiger partial charge in [0.2, 0.25) is 0 Å². The van der Waals surface area contributed by atoms with Crippen LogP contribution in [0.4, 0.5) is 17.1 Å². The van der Waals surface area contributed by atoms with Crippen molar-refractivity contribution in [2.24, 2.45) is 0 Å². The van der Waals surface area contributed by atoms with Gasteiger partial charge in [-0.25, -0.2) is 0 Å². The molecule has 0 N–H and O–H groups in total. The SMILES string of the molecule is C/C=C(/C)C#N.N#Cc1cccc(C#N)c1-c1cc2ccc3cc(N4c5ccccc5Cc5ccccc54)cc4ccc(c1)c2c34. The van der Waals surface area contributed by atoms with E-state index in [0.717, 1.165) is 34.0 Å². The normalized spacial score (nSPS) is 12.1. The lowest BCUT2D eigenvalue weighted by Crippen LogP contribution is -2.18. The number of benzene rings is 7. The van der Waals surface area contributed by atoms with Gasteiger partial charge in [0.25, 0.3) is 0 Å². The fourth-order valence-corrected chi connectivity index (χ4v) is 6.58. The Labute approximate surface area is 268 Å². The molecule has 8 rings (SSSR count). The van der Waals surface area contributed by atoms with E-state index in [0.29, 0.717) is 16.7 Å². The van der Waals surface area contributed by atoms with Gasteiger partial charge in [0.1, 0.15) is 0 Å². The Balaban J connectivity index is 0.000000517. The fraction of sp³-hybridized carbons (Fsp3) is 0.0714. The van der Waals surface area contributed by atoms with Gasteiger partial charge in [-0.05, 0) is 111 Å². The van der Waals surface area contributed by atoms with Crippen LogP contribution in [0, 0.1) is 34.0 Å². The highest BCUT2D eigenvalue weighted by Crippen LogP contribution is 2.46. The van der Waals surface area contributed by atoms with Crippen LogP contribution in [-0.2, 0) is 6.42 Å². The lowest BCUT2D eigenvalue weighted by Gasteiger charge is -2.34. The van der Waals surface area contributed by atoms with Crippen molar-refractivity contribution in [3.8, 4) is 29.3 Å². The van der Waals surface area contributed by atoms with Crippen molar-refractivity contribution in [2.75, 3.05) is 4.90 Å². The van der Waals surface area contributed by atoms with E-state index in [1.807, 2.05) is 13.0 Å². The zero-order valence-electron chi connectivity index (χ0n) is 25.5. The van der Waals surface area contributed by atoms with Gasteiger partial charge < -0.3 is 4.90 Å². The van der Waals surface area contributed by atoms with Crippen LogP contribution in [0.5, 0.6) is 0 Å². The number of allylic oxidation sites excluding steroid dienone is 2. The molecule has 7 aromatic carbocycles. The first-order chi connectivity index (χ1) is 22.5. The number of nitriles is 3. The van der Waals surface area contributed by atoms with Gasteiger partial charge in [-0.15, -0.1) is 0 Å².